The molecule has 0 heterocycles. The molecule has 2 rings (SSSR count). The standard InChI is InChI=1S/C8H10O2/c9-7-3-4-8(10)6-2-1-5(6)7/h1-10H/t5?,6?,7-,8+. The van der Waals surface area contributed by atoms with Crippen LogP contribution in [0.15, 0.2) is 24.3 Å². The van der Waals surface area contributed by atoms with Crippen LogP contribution in [-0.4, -0.2) is 22.4 Å². The minimum Gasteiger partial charge on any atom is -0.388 e. The zero-order chi connectivity index (χ0) is 7.14. The SMILES string of the molecule is O[C@@H]1C=C[C@H](O)C2C=CC21. The van der Waals surface area contributed by atoms with Crippen molar-refractivity contribution in [1.82, 2.24) is 0 Å². The largest absolute Gasteiger partial charge is 0.388 e. The molecule has 0 fully saturated rings. The van der Waals surface area contributed by atoms with Crippen molar-refractivity contribution in [2.45, 2.75) is 12.2 Å². The van der Waals surface area contributed by atoms with Crippen molar-refractivity contribution < 1.29 is 10.2 Å². The zero-order valence-corrected chi connectivity index (χ0v) is 5.51. The maximum atomic E-state index is 9.27. The highest BCUT2D eigenvalue weighted by Crippen LogP contribution is 2.35. The van der Waals surface area contributed by atoms with Crippen LogP contribution in [0.25, 0.3) is 0 Å². The van der Waals surface area contributed by atoms with Crippen LogP contribution >= 0.6 is 0 Å². The average Bonchev–Trinajstić information content (AvgIpc) is 1.78. The van der Waals surface area contributed by atoms with Gasteiger partial charge in [-0.2, -0.15) is 0 Å². The van der Waals surface area contributed by atoms with E-state index in [1.165, 1.54) is 0 Å². The third-order valence-corrected chi connectivity index (χ3v) is 2.29. The Bertz CT molecular complexity index is 175. The summed E-state index contributed by atoms with van der Waals surface area (Å²) in [5.41, 5.74) is 0. The Morgan fingerprint density at radius 2 is 1.10 bits per heavy atom. The molecule has 0 amide bonds. The first-order valence-corrected chi connectivity index (χ1v) is 3.52. The Balaban J connectivity index is 2.23. The van der Waals surface area contributed by atoms with E-state index in [2.05, 4.69) is 0 Å². The van der Waals surface area contributed by atoms with Crippen molar-refractivity contribution in [2.75, 3.05) is 0 Å². The highest BCUT2D eigenvalue weighted by atomic mass is 16.3. The maximum absolute atomic E-state index is 9.27. The summed E-state index contributed by atoms with van der Waals surface area (Å²) in [6, 6.07) is 0. The smallest absolute Gasteiger partial charge is 0.0791 e. The lowest BCUT2D eigenvalue weighted by Crippen LogP contribution is -2.39. The lowest BCUT2D eigenvalue weighted by Gasteiger charge is -2.37. The van der Waals surface area contributed by atoms with Gasteiger partial charge in [0, 0.05) is 11.8 Å². The minimum atomic E-state index is -0.376. The fourth-order valence-electron chi connectivity index (χ4n) is 1.54. The molecule has 10 heavy (non-hydrogen) atoms. The molecule has 0 saturated heterocycles. The van der Waals surface area contributed by atoms with Gasteiger partial charge in [-0.05, 0) is 0 Å². The van der Waals surface area contributed by atoms with Crippen LogP contribution in [0.3, 0.4) is 0 Å². The van der Waals surface area contributed by atoms with Crippen LogP contribution in [-0.2, 0) is 0 Å². The van der Waals surface area contributed by atoms with Crippen molar-refractivity contribution in [1.29, 1.82) is 0 Å². The molecule has 54 valence electrons. The van der Waals surface area contributed by atoms with Gasteiger partial charge in [-0.15, -0.1) is 0 Å². The molecule has 0 saturated carbocycles. The van der Waals surface area contributed by atoms with Crippen molar-refractivity contribution in [3.8, 4) is 0 Å². The highest BCUT2D eigenvalue weighted by Gasteiger charge is 2.36. The Morgan fingerprint density at radius 3 is 1.40 bits per heavy atom. The quantitative estimate of drug-likeness (QED) is 0.465. The predicted octanol–water partition coefficient (Wildman–Crippen LogP) is 0.0802. The van der Waals surface area contributed by atoms with Gasteiger partial charge in [0.05, 0.1) is 12.2 Å². The third-order valence-electron chi connectivity index (χ3n) is 2.29. The van der Waals surface area contributed by atoms with E-state index in [0.717, 1.165) is 0 Å². The average molecular weight is 138 g/mol. The number of hydrogen-bond donors (Lipinski definition) is 2. The topological polar surface area (TPSA) is 40.5 Å². The second kappa shape index (κ2) is 1.94. The first kappa shape index (κ1) is 6.13. The maximum Gasteiger partial charge on any atom is 0.0791 e. The van der Waals surface area contributed by atoms with Crippen LogP contribution in [0.2, 0.25) is 0 Å². The van der Waals surface area contributed by atoms with E-state index in [-0.39, 0.29) is 24.0 Å². The Labute approximate surface area is 59.5 Å². The van der Waals surface area contributed by atoms with Gasteiger partial charge in [-0.3, -0.25) is 0 Å². The van der Waals surface area contributed by atoms with Crippen molar-refractivity contribution in [3.63, 3.8) is 0 Å². The van der Waals surface area contributed by atoms with Crippen LogP contribution in [0, 0.1) is 11.8 Å². The number of aliphatic hydroxyl groups excluding tert-OH is 2. The molecule has 2 N–H and O–H groups in total. The molecule has 2 nitrogen and oxygen atoms in total. The van der Waals surface area contributed by atoms with E-state index >= 15 is 0 Å². The summed E-state index contributed by atoms with van der Waals surface area (Å²) in [5.74, 6) is 0.333. The van der Waals surface area contributed by atoms with E-state index in [1.54, 1.807) is 12.2 Å². The molecule has 2 aliphatic carbocycles. The van der Waals surface area contributed by atoms with Gasteiger partial charge >= 0.3 is 0 Å². The molecule has 0 bridgehead atoms. The van der Waals surface area contributed by atoms with Gasteiger partial charge in [0.25, 0.3) is 0 Å². The lowest BCUT2D eigenvalue weighted by molar-refractivity contribution is 0.0624. The monoisotopic (exact) mass is 138 g/mol. The number of rotatable bonds is 0. The molecule has 2 heteroatoms. The van der Waals surface area contributed by atoms with E-state index < -0.39 is 0 Å². The summed E-state index contributed by atoms with van der Waals surface area (Å²) in [7, 11) is 0. The third kappa shape index (κ3) is 0.662. The van der Waals surface area contributed by atoms with Crippen LogP contribution in [0.1, 0.15) is 0 Å². The molecule has 0 aromatic rings. The van der Waals surface area contributed by atoms with E-state index in [4.69, 9.17) is 0 Å². The summed E-state index contributed by atoms with van der Waals surface area (Å²) < 4.78 is 0. The van der Waals surface area contributed by atoms with Gasteiger partial charge in [0.15, 0.2) is 0 Å². The van der Waals surface area contributed by atoms with E-state index in [0.29, 0.717) is 0 Å². The molecular formula is C8H10O2. The molecule has 0 aromatic heterocycles. The lowest BCUT2D eigenvalue weighted by atomic mass is 9.72. The zero-order valence-electron chi connectivity index (χ0n) is 5.51. The fraction of sp³-hybridized carbons (Fsp3) is 0.500. The molecule has 2 unspecified atom stereocenters. The fourth-order valence-corrected chi connectivity index (χ4v) is 1.54. The van der Waals surface area contributed by atoms with Gasteiger partial charge < -0.3 is 10.2 Å². The molecule has 0 spiro atoms. The first-order valence-electron chi connectivity index (χ1n) is 3.52. The second-order valence-corrected chi connectivity index (χ2v) is 2.91. The van der Waals surface area contributed by atoms with Gasteiger partial charge in [-0.1, -0.05) is 24.3 Å². The predicted molar refractivity (Wildman–Crippen MR) is 37.3 cm³/mol. The van der Waals surface area contributed by atoms with Crippen LogP contribution < -0.4 is 0 Å². The molecule has 0 radical (unpaired) electrons. The highest BCUT2D eigenvalue weighted by molar-refractivity contribution is 5.23. The van der Waals surface area contributed by atoms with Gasteiger partial charge in [0.1, 0.15) is 0 Å². The Morgan fingerprint density at radius 1 is 0.700 bits per heavy atom. The number of fused-ring (bicyclic) bond motifs is 1. The van der Waals surface area contributed by atoms with Crippen molar-refractivity contribution >= 4 is 0 Å². The summed E-state index contributed by atoms with van der Waals surface area (Å²) in [6.45, 7) is 0. The van der Waals surface area contributed by atoms with Gasteiger partial charge in [0.2, 0.25) is 0 Å². The minimum absolute atomic E-state index is 0.167. The molecule has 2 aliphatic rings. The molecule has 0 aliphatic heterocycles. The first-order chi connectivity index (χ1) is 4.79. The van der Waals surface area contributed by atoms with Crippen molar-refractivity contribution in [3.05, 3.63) is 24.3 Å². The molecule has 0 aromatic carbocycles. The Kier molecular flexibility index (Phi) is 1.19. The summed E-state index contributed by atoms with van der Waals surface area (Å²) in [6.07, 6.45) is 6.46. The molecular weight excluding hydrogens is 128 g/mol. The van der Waals surface area contributed by atoms with Crippen LogP contribution in [0.5, 0.6) is 0 Å². The van der Waals surface area contributed by atoms with E-state index in [9.17, 15) is 10.2 Å². The number of hydrogen-bond acceptors (Lipinski definition) is 2. The van der Waals surface area contributed by atoms with E-state index in [1.807, 2.05) is 12.2 Å². The number of aliphatic hydroxyl groups is 2. The van der Waals surface area contributed by atoms with Crippen molar-refractivity contribution in [2.24, 2.45) is 11.8 Å². The van der Waals surface area contributed by atoms with Crippen LogP contribution in [0.4, 0.5) is 0 Å². The summed E-state index contributed by atoms with van der Waals surface area (Å²) in [4.78, 5) is 0. The Hall–Kier alpha value is -0.600. The molecule has 4 atom stereocenters. The second-order valence-electron chi connectivity index (χ2n) is 2.91. The summed E-state index contributed by atoms with van der Waals surface area (Å²) in [5, 5.41) is 18.5. The van der Waals surface area contributed by atoms with Gasteiger partial charge in [-0.25, -0.2) is 0 Å². The normalized spacial score (nSPS) is 50.2. The summed E-state index contributed by atoms with van der Waals surface area (Å²) >= 11 is 0.